The number of nitrogens with zero attached hydrogens (tertiary/aromatic N) is 2. The smallest absolute Gasteiger partial charge is 0.159 e. The van der Waals surface area contributed by atoms with Gasteiger partial charge in [-0.05, 0) is 90.2 Å². The molecule has 3 unspecified atom stereocenters. The molecule has 0 spiro atoms. The first-order valence-electron chi connectivity index (χ1n) is 18.5. The van der Waals surface area contributed by atoms with Crippen LogP contribution in [0, 0.1) is 11.7 Å². The topological polar surface area (TPSA) is 19.6 Å². The summed E-state index contributed by atoms with van der Waals surface area (Å²) in [4.78, 5) is 4.87. The normalized spacial score (nSPS) is 20.3. The highest BCUT2D eigenvalue weighted by Gasteiger charge is 2.39. The van der Waals surface area contributed by atoms with Crippen molar-refractivity contribution in [3.63, 3.8) is 0 Å². The van der Waals surface area contributed by atoms with Gasteiger partial charge >= 0.3 is 0 Å². The molecular formula is C48H35FN2OS. The third-order valence-electron chi connectivity index (χ3n) is 11.5. The zero-order valence-electron chi connectivity index (χ0n) is 29.0. The second-order valence-electron chi connectivity index (χ2n) is 14.4. The first-order valence-corrected chi connectivity index (χ1v) is 19.3. The molecule has 11 rings (SSSR count). The van der Waals surface area contributed by atoms with Crippen LogP contribution in [0.15, 0.2) is 167 Å². The van der Waals surface area contributed by atoms with Gasteiger partial charge in [-0.1, -0.05) is 103 Å². The monoisotopic (exact) mass is 706 g/mol. The molecule has 0 saturated heterocycles. The van der Waals surface area contributed by atoms with Crippen LogP contribution in [-0.4, -0.2) is 6.04 Å². The third-order valence-corrected chi connectivity index (χ3v) is 12.7. The molecule has 0 radical (unpaired) electrons. The molecule has 3 atom stereocenters. The van der Waals surface area contributed by atoms with Crippen molar-refractivity contribution >= 4 is 72.2 Å². The molecule has 3 heterocycles. The fourth-order valence-corrected chi connectivity index (χ4v) is 10.3. The van der Waals surface area contributed by atoms with Gasteiger partial charge < -0.3 is 14.2 Å². The van der Waals surface area contributed by atoms with E-state index in [-0.39, 0.29) is 23.7 Å². The van der Waals surface area contributed by atoms with Crippen LogP contribution >= 0.6 is 11.3 Å². The number of allylic oxidation sites excluding steroid dienone is 5. The second-order valence-corrected chi connectivity index (χ2v) is 15.4. The summed E-state index contributed by atoms with van der Waals surface area (Å²) in [6, 6.07) is 39.4. The lowest BCUT2D eigenvalue weighted by Crippen LogP contribution is -2.34. The van der Waals surface area contributed by atoms with Crippen molar-refractivity contribution in [2.75, 3.05) is 9.80 Å². The van der Waals surface area contributed by atoms with Crippen LogP contribution < -0.4 is 19.6 Å². The summed E-state index contributed by atoms with van der Waals surface area (Å²) >= 11 is 1.90. The van der Waals surface area contributed by atoms with Crippen LogP contribution in [0.2, 0.25) is 0 Å². The maximum Gasteiger partial charge on any atom is 0.159 e. The molecule has 53 heavy (non-hydrogen) atoms. The van der Waals surface area contributed by atoms with Crippen molar-refractivity contribution in [1.82, 2.24) is 0 Å². The van der Waals surface area contributed by atoms with E-state index >= 15 is 0 Å². The molecule has 2 aromatic heterocycles. The Morgan fingerprint density at radius 1 is 0.755 bits per heavy atom. The van der Waals surface area contributed by atoms with Crippen LogP contribution in [-0.2, 0) is 0 Å². The average molecular weight is 707 g/mol. The molecule has 7 aromatic rings. The van der Waals surface area contributed by atoms with Crippen LogP contribution in [0.4, 0.5) is 21.5 Å². The molecular weight excluding hydrogens is 672 g/mol. The van der Waals surface area contributed by atoms with E-state index < -0.39 is 0 Å². The standard InChI is InChI=1S/C48H35FN2OS/c49-32-22-26-34(27-23-32)50-41-14-4-1-9-35(41)36-28-21-31(29-44(36)50)30-19-24-33(25-20-30)51(42-15-7-12-39-37-10-2-5-17-45(37)52-47(39)42)43-16-8-13-40-38-11-3-6-18-46(38)53-48(40)43/h1-7,9-15,17-19,21-30,36,44H,8,16,20H2. The Balaban J connectivity index is 1.01. The van der Waals surface area contributed by atoms with E-state index in [0.717, 1.165) is 52.6 Å². The Morgan fingerprint density at radius 2 is 1.57 bits per heavy atom. The minimum Gasteiger partial charge on any atom is -0.454 e. The maximum absolute atomic E-state index is 14.0. The molecule has 0 bridgehead atoms. The average Bonchev–Trinajstić information content (AvgIpc) is 3.89. The number of hydrogen-bond acceptors (Lipinski definition) is 4. The first-order chi connectivity index (χ1) is 26.2. The molecule has 0 fully saturated rings. The number of rotatable bonds is 5. The SMILES string of the molecule is Fc1ccc(N2c3ccccc3C3C=CC(C4C=CC(N(C5=c6sc7ccccc7c6=CCC5)c5cccc6c5oc5ccccc56)=CC4)=CC32)cc1. The predicted octanol–water partition coefficient (Wildman–Crippen LogP) is 11.4. The van der Waals surface area contributed by atoms with E-state index in [1.165, 1.54) is 48.1 Å². The number of hydrogen-bond donors (Lipinski definition) is 0. The van der Waals surface area contributed by atoms with Crippen molar-refractivity contribution in [3.8, 4) is 0 Å². The molecule has 0 amide bonds. The molecule has 0 saturated carbocycles. The Kier molecular flexibility index (Phi) is 6.99. The zero-order chi connectivity index (χ0) is 35.0. The number of para-hydroxylation sites is 3. The maximum atomic E-state index is 14.0. The second kappa shape index (κ2) is 12.1. The molecule has 5 heteroatoms. The molecule has 4 aliphatic rings. The number of anilines is 3. The van der Waals surface area contributed by atoms with Gasteiger partial charge in [0.2, 0.25) is 0 Å². The summed E-state index contributed by atoms with van der Waals surface area (Å²) in [6.45, 7) is 0. The van der Waals surface area contributed by atoms with Crippen molar-refractivity contribution in [3.05, 3.63) is 184 Å². The molecule has 5 aromatic carbocycles. The van der Waals surface area contributed by atoms with Gasteiger partial charge in [0.25, 0.3) is 0 Å². The van der Waals surface area contributed by atoms with Gasteiger partial charge in [0.15, 0.2) is 5.58 Å². The van der Waals surface area contributed by atoms with Gasteiger partial charge in [-0.3, -0.25) is 0 Å². The molecule has 0 N–H and O–H groups in total. The van der Waals surface area contributed by atoms with E-state index in [1.807, 2.05) is 29.5 Å². The van der Waals surface area contributed by atoms with Crippen LogP contribution in [0.5, 0.6) is 0 Å². The highest BCUT2D eigenvalue weighted by atomic mass is 32.1. The molecule has 1 aliphatic heterocycles. The van der Waals surface area contributed by atoms with Crippen molar-refractivity contribution in [2.45, 2.75) is 31.2 Å². The lowest BCUT2D eigenvalue weighted by molar-refractivity contribution is 0.627. The van der Waals surface area contributed by atoms with E-state index in [9.17, 15) is 4.39 Å². The largest absolute Gasteiger partial charge is 0.454 e. The number of halogens is 1. The Morgan fingerprint density at radius 3 is 2.45 bits per heavy atom. The number of thiophene rings is 1. The van der Waals surface area contributed by atoms with Gasteiger partial charge in [-0.2, -0.15) is 0 Å². The van der Waals surface area contributed by atoms with Gasteiger partial charge in [0.1, 0.15) is 11.4 Å². The van der Waals surface area contributed by atoms with Gasteiger partial charge in [0, 0.05) is 55.5 Å². The van der Waals surface area contributed by atoms with E-state index in [4.69, 9.17) is 4.42 Å². The van der Waals surface area contributed by atoms with E-state index in [1.54, 1.807) is 12.1 Å². The highest BCUT2D eigenvalue weighted by molar-refractivity contribution is 7.17. The Hall–Kier alpha value is -5.91. The van der Waals surface area contributed by atoms with Crippen LogP contribution in [0.25, 0.3) is 43.8 Å². The third kappa shape index (κ3) is 4.84. The lowest BCUT2D eigenvalue weighted by Gasteiger charge is -2.33. The lowest BCUT2D eigenvalue weighted by atomic mass is 9.82. The summed E-state index contributed by atoms with van der Waals surface area (Å²) in [7, 11) is 0. The first kappa shape index (κ1) is 30.7. The van der Waals surface area contributed by atoms with Gasteiger partial charge in [-0.15, -0.1) is 11.3 Å². The predicted molar refractivity (Wildman–Crippen MR) is 218 cm³/mol. The number of fused-ring (bicyclic) bond motifs is 9. The number of benzene rings is 5. The molecule has 256 valence electrons. The van der Waals surface area contributed by atoms with Crippen LogP contribution in [0.1, 0.15) is 30.7 Å². The summed E-state index contributed by atoms with van der Waals surface area (Å²) in [6.07, 6.45) is 19.5. The minimum atomic E-state index is -0.216. The van der Waals surface area contributed by atoms with Crippen molar-refractivity contribution in [2.24, 2.45) is 5.92 Å². The molecule has 3 nitrogen and oxygen atoms in total. The summed E-state index contributed by atoms with van der Waals surface area (Å²) in [5.74, 6) is 0.266. The van der Waals surface area contributed by atoms with Gasteiger partial charge in [-0.25, -0.2) is 4.39 Å². The highest BCUT2D eigenvalue weighted by Crippen LogP contribution is 2.49. The Bertz CT molecular complexity index is 2870. The van der Waals surface area contributed by atoms with Crippen molar-refractivity contribution in [1.29, 1.82) is 0 Å². The fourth-order valence-electron chi connectivity index (χ4n) is 9.05. The van der Waals surface area contributed by atoms with E-state index in [2.05, 4.69) is 137 Å². The summed E-state index contributed by atoms with van der Waals surface area (Å²) in [5.41, 5.74) is 10.2. The van der Waals surface area contributed by atoms with Gasteiger partial charge in [0.05, 0.1) is 16.3 Å². The van der Waals surface area contributed by atoms with E-state index in [0.29, 0.717) is 0 Å². The minimum absolute atomic E-state index is 0.124. The summed E-state index contributed by atoms with van der Waals surface area (Å²) < 4.78 is 23.3. The quantitative estimate of drug-likeness (QED) is 0.178. The number of furan rings is 1. The fraction of sp³-hybridized carbons (Fsp3) is 0.125. The Labute approximate surface area is 310 Å². The summed E-state index contributed by atoms with van der Waals surface area (Å²) in [5, 5.41) is 4.96. The molecule has 3 aliphatic carbocycles. The van der Waals surface area contributed by atoms with Crippen LogP contribution in [0.3, 0.4) is 0 Å². The zero-order valence-corrected chi connectivity index (χ0v) is 29.8. The van der Waals surface area contributed by atoms with Crippen molar-refractivity contribution < 1.29 is 8.81 Å².